The Labute approximate surface area is 140 Å². The van der Waals surface area contributed by atoms with Gasteiger partial charge in [0.2, 0.25) is 0 Å². The second-order valence-electron chi connectivity index (χ2n) is 6.99. The first-order chi connectivity index (χ1) is 9.65. The van der Waals surface area contributed by atoms with E-state index in [0.717, 1.165) is 23.9 Å². The van der Waals surface area contributed by atoms with Gasteiger partial charge < -0.3 is 5.32 Å². The summed E-state index contributed by atoms with van der Waals surface area (Å²) in [5.41, 5.74) is 0.0613. The summed E-state index contributed by atoms with van der Waals surface area (Å²) in [5.74, 6) is 1.38. The van der Waals surface area contributed by atoms with Gasteiger partial charge in [0.05, 0.1) is 11.5 Å². The predicted molar refractivity (Wildman–Crippen MR) is 93.7 cm³/mol. The smallest absolute Gasteiger partial charge is 0.150 e. The fraction of sp³-hybridized carbons (Fsp3) is 0.733. The van der Waals surface area contributed by atoms with Crippen molar-refractivity contribution in [2.75, 3.05) is 18.1 Å². The molecule has 0 aliphatic carbocycles. The molecule has 2 heterocycles. The molecule has 3 nitrogen and oxygen atoms in total. The molecule has 1 aliphatic heterocycles. The molecule has 1 aliphatic rings. The summed E-state index contributed by atoms with van der Waals surface area (Å²) in [5, 5.41) is 5.64. The van der Waals surface area contributed by atoms with Crippen LogP contribution in [0, 0.1) is 11.8 Å². The lowest BCUT2D eigenvalue weighted by atomic mass is 9.87. The number of rotatable bonds is 5. The lowest BCUT2D eigenvalue weighted by molar-refractivity contribution is 0.303. The zero-order valence-corrected chi connectivity index (χ0v) is 16.1. The molecule has 120 valence electrons. The monoisotopic (exact) mass is 393 g/mol. The SMILES string of the molecule is CC(C)(C)NCC(Cc1cc(Br)cs1)C1CCS(=O)(=O)C1. The van der Waals surface area contributed by atoms with Gasteiger partial charge in [0.15, 0.2) is 9.84 Å². The normalized spacial score (nSPS) is 23.3. The molecule has 1 aromatic heterocycles. The van der Waals surface area contributed by atoms with Crippen molar-refractivity contribution in [3.05, 3.63) is 20.8 Å². The van der Waals surface area contributed by atoms with Crippen LogP contribution in [-0.2, 0) is 16.3 Å². The van der Waals surface area contributed by atoms with E-state index in [1.807, 2.05) is 0 Å². The Hall–Kier alpha value is 0.0900. The average molecular weight is 394 g/mol. The maximum absolute atomic E-state index is 11.8. The van der Waals surface area contributed by atoms with Gasteiger partial charge in [-0.2, -0.15) is 0 Å². The van der Waals surface area contributed by atoms with Crippen LogP contribution in [0.4, 0.5) is 0 Å². The maximum Gasteiger partial charge on any atom is 0.150 e. The third-order valence-corrected chi connectivity index (χ3v) is 7.43. The van der Waals surface area contributed by atoms with Crippen LogP contribution in [0.2, 0.25) is 0 Å². The minimum Gasteiger partial charge on any atom is -0.312 e. The molecule has 0 aromatic carbocycles. The number of halogens is 1. The second kappa shape index (κ2) is 6.69. The first-order valence-electron chi connectivity index (χ1n) is 7.33. The Morgan fingerprint density at radius 1 is 1.48 bits per heavy atom. The molecular weight excluding hydrogens is 370 g/mol. The van der Waals surface area contributed by atoms with E-state index >= 15 is 0 Å². The highest BCUT2D eigenvalue weighted by atomic mass is 79.9. The molecule has 2 unspecified atom stereocenters. The van der Waals surface area contributed by atoms with Gasteiger partial charge in [-0.3, -0.25) is 0 Å². The van der Waals surface area contributed by atoms with Crippen LogP contribution in [0.15, 0.2) is 15.9 Å². The van der Waals surface area contributed by atoms with E-state index in [9.17, 15) is 8.42 Å². The molecule has 1 aromatic rings. The standard InChI is InChI=1S/C15H24BrNO2S2/c1-15(2,3)17-8-12(6-14-7-13(16)9-20-14)11-4-5-21(18,19)10-11/h7,9,11-12,17H,4-6,8,10H2,1-3H3. The van der Waals surface area contributed by atoms with Gasteiger partial charge in [-0.05, 0) is 74.0 Å². The van der Waals surface area contributed by atoms with Gasteiger partial charge in [-0.25, -0.2) is 8.42 Å². The van der Waals surface area contributed by atoms with Crippen molar-refractivity contribution in [3.8, 4) is 0 Å². The van der Waals surface area contributed by atoms with Crippen molar-refractivity contribution in [1.29, 1.82) is 0 Å². The fourth-order valence-electron chi connectivity index (χ4n) is 2.76. The molecule has 0 spiro atoms. The predicted octanol–water partition coefficient (Wildman–Crippen LogP) is 3.49. The Bertz CT molecular complexity index is 575. The quantitative estimate of drug-likeness (QED) is 0.832. The third-order valence-electron chi connectivity index (χ3n) is 3.91. The Morgan fingerprint density at radius 2 is 2.19 bits per heavy atom. The van der Waals surface area contributed by atoms with Crippen LogP contribution in [0.1, 0.15) is 32.1 Å². The molecule has 0 saturated carbocycles. The van der Waals surface area contributed by atoms with E-state index in [0.29, 0.717) is 17.4 Å². The number of sulfone groups is 1. The van der Waals surface area contributed by atoms with E-state index in [1.165, 1.54) is 4.88 Å². The molecule has 0 bridgehead atoms. The van der Waals surface area contributed by atoms with E-state index < -0.39 is 9.84 Å². The summed E-state index contributed by atoms with van der Waals surface area (Å²) in [6.07, 6.45) is 1.77. The summed E-state index contributed by atoms with van der Waals surface area (Å²) in [6, 6.07) is 2.15. The van der Waals surface area contributed by atoms with E-state index in [1.54, 1.807) is 11.3 Å². The zero-order chi connectivity index (χ0) is 15.7. The van der Waals surface area contributed by atoms with Crippen molar-refractivity contribution in [2.45, 2.75) is 39.2 Å². The van der Waals surface area contributed by atoms with Gasteiger partial charge in [0, 0.05) is 20.3 Å². The molecule has 1 fully saturated rings. The summed E-state index contributed by atoms with van der Waals surface area (Å²) in [6.45, 7) is 7.32. The highest BCUT2D eigenvalue weighted by molar-refractivity contribution is 9.10. The van der Waals surface area contributed by atoms with Crippen LogP contribution < -0.4 is 5.32 Å². The average Bonchev–Trinajstić information content (AvgIpc) is 2.89. The van der Waals surface area contributed by atoms with Crippen LogP contribution in [0.25, 0.3) is 0 Å². The highest BCUT2D eigenvalue weighted by Crippen LogP contribution is 2.31. The molecule has 6 heteroatoms. The number of hydrogen-bond donors (Lipinski definition) is 1. The van der Waals surface area contributed by atoms with Gasteiger partial charge in [0.1, 0.15) is 0 Å². The molecule has 2 rings (SSSR count). The van der Waals surface area contributed by atoms with Crippen molar-refractivity contribution >= 4 is 37.1 Å². The Kier molecular flexibility index (Phi) is 5.55. The number of thiophene rings is 1. The first kappa shape index (κ1) is 17.4. The number of nitrogens with one attached hydrogen (secondary N) is 1. The second-order valence-corrected chi connectivity index (χ2v) is 11.1. The van der Waals surface area contributed by atoms with Crippen molar-refractivity contribution in [2.24, 2.45) is 11.8 Å². The molecule has 1 N–H and O–H groups in total. The Morgan fingerprint density at radius 3 is 2.67 bits per heavy atom. The zero-order valence-electron chi connectivity index (χ0n) is 12.9. The minimum atomic E-state index is -2.81. The summed E-state index contributed by atoms with van der Waals surface area (Å²) >= 11 is 5.24. The molecule has 2 atom stereocenters. The van der Waals surface area contributed by atoms with Gasteiger partial charge in [-0.1, -0.05) is 0 Å². The topological polar surface area (TPSA) is 46.2 Å². The van der Waals surface area contributed by atoms with E-state index in [-0.39, 0.29) is 11.5 Å². The molecule has 21 heavy (non-hydrogen) atoms. The fourth-order valence-corrected chi connectivity index (χ4v) is 6.22. The Balaban J connectivity index is 2.06. The van der Waals surface area contributed by atoms with Gasteiger partial charge in [-0.15, -0.1) is 11.3 Å². The maximum atomic E-state index is 11.8. The van der Waals surface area contributed by atoms with E-state index in [2.05, 4.69) is 53.5 Å². The van der Waals surface area contributed by atoms with Gasteiger partial charge >= 0.3 is 0 Å². The van der Waals surface area contributed by atoms with Crippen molar-refractivity contribution in [3.63, 3.8) is 0 Å². The van der Waals surface area contributed by atoms with Crippen molar-refractivity contribution < 1.29 is 8.42 Å². The van der Waals surface area contributed by atoms with Gasteiger partial charge in [0.25, 0.3) is 0 Å². The lowest BCUT2D eigenvalue weighted by Gasteiger charge is -2.28. The van der Waals surface area contributed by atoms with Crippen LogP contribution >= 0.6 is 27.3 Å². The molecule has 0 radical (unpaired) electrons. The van der Waals surface area contributed by atoms with Crippen LogP contribution in [-0.4, -0.2) is 32.0 Å². The molecule has 0 amide bonds. The molecule has 1 saturated heterocycles. The summed E-state index contributed by atoms with van der Waals surface area (Å²) < 4.78 is 24.7. The van der Waals surface area contributed by atoms with Crippen LogP contribution in [0.5, 0.6) is 0 Å². The van der Waals surface area contributed by atoms with Crippen LogP contribution in [0.3, 0.4) is 0 Å². The highest BCUT2D eigenvalue weighted by Gasteiger charge is 2.34. The van der Waals surface area contributed by atoms with E-state index in [4.69, 9.17) is 0 Å². The summed E-state index contributed by atoms with van der Waals surface area (Å²) in [7, 11) is -2.81. The third kappa shape index (κ3) is 5.66. The summed E-state index contributed by atoms with van der Waals surface area (Å²) in [4.78, 5) is 1.33. The first-order valence-corrected chi connectivity index (χ1v) is 10.8. The minimum absolute atomic E-state index is 0.0613. The largest absolute Gasteiger partial charge is 0.312 e. The number of hydrogen-bond acceptors (Lipinski definition) is 4. The van der Waals surface area contributed by atoms with Crippen molar-refractivity contribution in [1.82, 2.24) is 5.32 Å². The lowest BCUT2D eigenvalue weighted by Crippen LogP contribution is -2.41. The molecular formula is C15H24BrNO2S2.